The van der Waals surface area contributed by atoms with E-state index in [0.717, 1.165) is 5.56 Å². The minimum absolute atomic E-state index is 0.453. The van der Waals surface area contributed by atoms with E-state index in [2.05, 4.69) is 15.1 Å². The van der Waals surface area contributed by atoms with E-state index in [-0.39, 0.29) is 0 Å². The van der Waals surface area contributed by atoms with Gasteiger partial charge in [0.15, 0.2) is 0 Å². The molecule has 6 heteroatoms. The highest BCUT2D eigenvalue weighted by Gasteiger charge is 2.04. The van der Waals surface area contributed by atoms with E-state index in [1.165, 1.54) is 17.1 Å². The Morgan fingerprint density at radius 3 is 2.50 bits per heavy atom. The minimum atomic E-state index is 0.453. The molecule has 0 spiro atoms. The summed E-state index contributed by atoms with van der Waals surface area (Å²) in [7, 11) is 0. The van der Waals surface area contributed by atoms with Crippen LogP contribution in [-0.2, 0) is 0 Å². The molecular weight excluding hydrogens is 202 g/mol. The maximum atomic E-state index is 5.66. The lowest BCUT2D eigenvalue weighted by Crippen LogP contribution is -2.01. The highest BCUT2D eigenvalue weighted by Crippen LogP contribution is 2.10. The van der Waals surface area contributed by atoms with Crippen molar-refractivity contribution in [1.29, 1.82) is 0 Å². The van der Waals surface area contributed by atoms with Crippen LogP contribution in [0, 0.1) is 6.92 Å². The molecule has 0 bridgehead atoms. The van der Waals surface area contributed by atoms with Crippen LogP contribution in [0.15, 0.2) is 18.6 Å². The van der Waals surface area contributed by atoms with Gasteiger partial charge in [-0.15, -0.1) is 5.10 Å². The van der Waals surface area contributed by atoms with Gasteiger partial charge in [0.1, 0.15) is 5.82 Å². The van der Waals surface area contributed by atoms with E-state index in [9.17, 15) is 0 Å². The van der Waals surface area contributed by atoms with Crippen molar-refractivity contribution in [2.45, 2.75) is 6.92 Å². The molecule has 0 aliphatic heterocycles. The van der Waals surface area contributed by atoms with E-state index in [1.54, 1.807) is 6.20 Å². The van der Waals surface area contributed by atoms with Crippen molar-refractivity contribution in [3.63, 3.8) is 0 Å². The van der Waals surface area contributed by atoms with Crippen molar-refractivity contribution in [3.8, 4) is 5.95 Å². The zero-order valence-electron chi connectivity index (χ0n) is 7.48. The highest BCUT2D eigenvalue weighted by atomic mass is 35.5. The first-order valence-electron chi connectivity index (χ1n) is 3.96. The van der Waals surface area contributed by atoms with Crippen molar-refractivity contribution in [1.82, 2.24) is 19.7 Å². The van der Waals surface area contributed by atoms with Gasteiger partial charge < -0.3 is 5.73 Å². The van der Waals surface area contributed by atoms with E-state index in [0.29, 0.717) is 16.8 Å². The summed E-state index contributed by atoms with van der Waals surface area (Å²) in [4.78, 5) is 8.01. The Balaban J connectivity index is 2.44. The third-order valence-corrected chi connectivity index (χ3v) is 1.94. The third-order valence-electron chi connectivity index (χ3n) is 1.75. The van der Waals surface area contributed by atoms with Gasteiger partial charge in [-0.3, -0.25) is 0 Å². The molecule has 14 heavy (non-hydrogen) atoms. The van der Waals surface area contributed by atoms with Gasteiger partial charge in [-0.25, -0.2) is 14.6 Å². The first kappa shape index (κ1) is 8.96. The first-order chi connectivity index (χ1) is 6.66. The van der Waals surface area contributed by atoms with Gasteiger partial charge in [0.05, 0.1) is 17.4 Å². The monoisotopic (exact) mass is 209 g/mol. The van der Waals surface area contributed by atoms with Crippen LogP contribution in [0.25, 0.3) is 5.95 Å². The topological polar surface area (TPSA) is 69.6 Å². The van der Waals surface area contributed by atoms with E-state index in [1.807, 2.05) is 6.92 Å². The summed E-state index contributed by atoms with van der Waals surface area (Å²) >= 11 is 5.66. The fraction of sp³-hybridized carbons (Fsp3) is 0.125. The largest absolute Gasteiger partial charge is 0.382 e. The van der Waals surface area contributed by atoms with Crippen LogP contribution in [0.5, 0.6) is 0 Å². The Labute approximate surface area is 85.5 Å². The van der Waals surface area contributed by atoms with Gasteiger partial charge in [-0.05, 0) is 6.92 Å². The Morgan fingerprint density at radius 2 is 2.00 bits per heavy atom. The number of nitrogens with two attached hydrogens (primary N) is 1. The molecule has 0 saturated carbocycles. The summed E-state index contributed by atoms with van der Waals surface area (Å²) in [6.07, 6.45) is 4.78. The fourth-order valence-corrected chi connectivity index (χ4v) is 1.10. The maximum Gasteiger partial charge on any atom is 0.250 e. The quantitative estimate of drug-likeness (QED) is 0.767. The molecule has 2 aromatic heterocycles. The number of aromatic nitrogens is 4. The number of hydrogen-bond acceptors (Lipinski definition) is 4. The van der Waals surface area contributed by atoms with Crippen LogP contribution in [-0.4, -0.2) is 19.7 Å². The molecular formula is C8H8ClN5. The van der Waals surface area contributed by atoms with Crippen LogP contribution in [0.2, 0.25) is 5.02 Å². The average Bonchev–Trinajstić information content (AvgIpc) is 2.48. The average molecular weight is 210 g/mol. The molecule has 72 valence electrons. The lowest BCUT2D eigenvalue weighted by Gasteiger charge is -1.97. The second-order valence-electron chi connectivity index (χ2n) is 2.84. The smallest absolute Gasteiger partial charge is 0.250 e. The fourth-order valence-electron chi connectivity index (χ4n) is 1.000. The van der Waals surface area contributed by atoms with Crippen molar-refractivity contribution >= 4 is 17.4 Å². The first-order valence-corrected chi connectivity index (χ1v) is 4.34. The van der Waals surface area contributed by atoms with Crippen LogP contribution >= 0.6 is 11.6 Å². The number of rotatable bonds is 1. The number of nitrogens with zero attached hydrogens (tertiary/aromatic N) is 4. The second kappa shape index (κ2) is 3.26. The van der Waals surface area contributed by atoms with E-state index in [4.69, 9.17) is 17.3 Å². The molecule has 0 radical (unpaired) electrons. The molecule has 0 fully saturated rings. The minimum Gasteiger partial charge on any atom is -0.382 e. The molecule has 0 atom stereocenters. The Morgan fingerprint density at radius 1 is 1.36 bits per heavy atom. The molecule has 0 aromatic carbocycles. The number of nitrogen functional groups attached to an aromatic ring is 1. The summed E-state index contributed by atoms with van der Waals surface area (Å²) < 4.78 is 1.51. The second-order valence-corrected chi connectivity index (χ2v) is 3.28. The zero-order chi connectivity index (χ0) is 10.1. The summed E-state index contributed by atoms with van der Waals surface area (Å²) in [5.74, 6) is 0.928. The Hall–Kier alpha value is -1.62. The molecule has 2 N–H and O–H groups in total. The molecule has 5 nitrogen and oxygen atoms in total. The molecule has 2 rings (SSSR count). The van der Waals surface area contributed by atoms with Crippen molar-refractivity contribution in [3.05, 3.63) is 29.2 Å². The van der Waals surface area contributed by atoms with Gasteiger partial charge in [-0.1, -0.05) is 11.6 Å². The predicted molar refractivity (Wildman–Crippen MR) is 53.3 cm³/mol. The summed E-state index contributed by atoms with van der Waals surface area (Å²) in [5, 5.41) is 4.53. The lowest BCUT2D eigenvalue weighted by atomic mass is 10.4. The summed E-state index contributed by atoms with van der Waals surface area (Å²) in [5.41, 5.74) is 6.49. The Bertz CT molecular complexity index is 428. The molecule has 0 unspecified atom stereocenters. The normalized spacial score (nSPS) is 10.4. The van der Waals surface area contributed by atoms with E-state index < -0.39 is 0 Å². The number of halogens is 1. The number of anilines is 1. The van der Waals surface area contributed by atoms with Gasteiger partial charge in [-0.2, -0.15) is 0 Å². The maximum absolute atomic E-state index is 5.66. The lowest BCUT2D eigenvalue weighted by molar-refractivity contribution is 0.811. The number of aryl methyl sites for hydroxylation is 1. The summed E-state index contributed by atoms with van der Waals surface area (Å²) in [6, 6.07) is 0. The van der Waals surface area contributed by atoms with Gasteiger partial charge in [0.2, 0.25) is 0 Å². The van der Waals surface area contributed by atoms with Gasteiger partial charge in [0, 0.05) is 11.8 Å². The zero-order valence-corrected chi connectivity index (χ0v) is 8.23. The van der Waals surface area contributed by atoms with Gasteiger partial charge in [0.25, 0.3) is 5.95 Å². The van der Waals surface area contributed by atoms with Crippen LogP contribution in [0.1, 0.15) is 5.56 Å². The Kier molecular flexibility index (Phi) is 2.09. The highest BCUT2D eigenvalue weighted by molar-refractivity contribution is 6.30. The molecule has 2 heterocycles. The van der Waals surface area contributed by atoms with Crippen molar-refractivity contribution in [2.24, 2.45) is 0 Å². The molecule has 0 aliphatic carbocycles. The van der Waals surface area contributed by atoms with Crippen molar-refractivity contribution < 1.29 is 0 Å². The van der Waals surface area contributed by atoms with Gasteiger partial charge >= 0.3 is 0 Å². The SMILES string of the molecule is Cc1cn(-c2ncc(Cl)cn2)nc1N. The summed E-state index contributed by atoms with van der Waals surface area (Å²) in [6.45, 7) is 1.87. The third kappa shape index (κ3) is 1.54. The standard InChI is InChI=1S/C8H8ClN5/c1-5-4-14(13-7(5)10)8-11-2-6(9)3-12-8/h2-4H,1H3,(H2,10,13). The van der Waals surface area contributed by atoms with E-state index >= 15 is 0 Å². The van der Waals surface area contributed by atoms with Crippen LogP contribution in [0.4, 0.5) is 5.82 Å². The molecule has 2 aromatic rings. The molecule has 0 aliphatic rings. The predicted octanol–water partition coefficient (Wildman–Crippen LogP) is 1.21. The number of hydrogen-bond donors (Lipinski definition) is 1. The van der Waals surface area contributed by atoms with Crippen LogP contribution in [0.3, 0.4) is 0 Å². The molecule has 0 saturated heterocycles. The van der Waals surface area contributed by atoms with Crippen LogP contribution < -0.4 is 5.73 Å². The molecule has 0 amide bonds. The van der Waals surface area contributed by atoms with Crippen molar-refractivity contribution in [2.75, 3.05) is 5.73 Å².